The Balaban J connectivity index is 1.87. The molecule has 2 aromatic rings. The molecule has 0 unspecified atom stereocenters. The third kappa shape index (κ3) is 3.16. The molecule has 4 nitrogen and oxygen atoms in total. The molecule has 5 heteroatoms. The molecule has 0 radical (unpaired) electrons. The maximum absolute atomic E-state index is 13.0. The van der Waals surface area contributed by atoms with Gasteiger partial charge in [0, 0.05) is 22.7 Å². The van der Waals surface area contributed by atoms with Crippen molar-refractivity contribution in [1.82, 2.24) is 9.97 Å². The second-order valence-electron chi connectivity index (χ2n) is 6.80. The van der Waals surface area contributed by atoms with E-state index in [0.717, 1.165) is 36.3 Å². The van der Waals surface area contributed by atoms with Gasteiger partial charge < -0.3 is 5.32 Å². The molecule has 126 valence electrons. The van der Waals surface area contributed by atoms with Crippen molar-refractivity contribution in [3.63, 3.8) is 0 Å². The van der Waals surface area contributed by atoms with Gasteiger partial charge in [0.05, 0.1) is 5.41 Å². The van der Waals surface area contributed by atoms with E-state index in [2.05, 4.69) is 15.3 Å². The molecule has 1 amide bonds. The Morgan fingerprint density at radius 3 is 2.42 bits per heavy atom. The quantitative estimate of drug-likeness (QED) is 0.881. The highest BCUT2D eigenvalue weighted by atomic mass is 35.5. The summed E-state index contributed by atoms with van der Waals surface area (Å²) in [4.78, 5) is 21.9. The molecule has 1 heterocycles. The smallest absolute Gasteiger partial charge is 0.236 e. The van der Waals surface area contributed by atoms with E-state index in [-0.39, 0.29) is 11.8 Å². The zero-order chi connectivity index (χ0) is 17.3. The molecule has 0 saturated heterocycles. The monoisotopic (exact) mass is 343 g/mol. The Hall–Kier alpha value is -1.94. The molecule has 24 heavy (non-hydrogen) atoms. The van der Waals surface area contributed by atoms with Gasteiger partial charge in [0.1, 0.15) is 11.6 Å². The summed E-state index contributed by atoms with van der Waals surface area (Å²) in [6, 6.07) is 9.40. The number of nitrogens with zero attached hydrogens (tertiary/aromatic N) is 2. The number of hydrogen-bond donors (Lipinski definition) is 1. The highest BCUT2D eigenvalue weighted by Crippen LogP contribution is 2.44. The summed E-state index contributed by atoms with van der Waals surface area (Å²) in [5.74, 6) is 1.55. The number of carbonyl (C=O) groups is 1. The highest BCUT2D eigenvalue weighted by Gasteiger charge is 2.45. The van der Waals surface area contributed by atoms with Gasteiger partial charge >= 0.3 is 0 Å². The lowest BCUT2D eigenvalue weighted by Crippen LogP contribution is -2.46. The fourth-order valence-corrected chi connectivity index (χ4v) is 3.22. The standard InChI is InChI=1S/C19H22ClN3O/c1-12(2)17-21-13(3)11-16(22-17)23-18(24)19(9-4-10-19)14-5-7-15(20)8-6-14/h5-8,11-12H,4,9-10H2,1-3H3,(H,21,22,23,24). The Bertz CT molecular complexity index is 752. The van der Waals surface area contributed by atoms with Crippen molar-refractivity contribution < 1.29 is 4.79 Å². The Morgan fingerprint density at radius 1 is 1.21 bits per heavy atom. The van der Waals surface area contributed by atoms with Gasteiger partial charge in [0.25, 0.3) is 0 Å². The molecule has 0 atom stereocenters. The Kier molecular flexibility index (Phi) is 4.59. The van der Waals surface area contributed by atoms with Crippen LogP contribution in [-0.4, -0.2) is 15.9 Å². The van der Waals surface area contributed by atoms with E-state index in [4.69, 9.17) is 11.6 Å². The van der Waals surface area contributed by atoms with Crippen LogP contribution in [0.15, 0.2) is 30.3 Å². The topological polar surface area (TPSA) is 54.9 Å². The zero-order valence-electron chi connectivity index (χ0n) is 14.3. The maximum atomic E-state index is 13.0. The molecular formula is C19H22ClN3O. The number of hydrogen-bond acceptors (Lipinski definition) is 3. The number of amides is 1. The van der Waals surface area contributed by atoms with E-state index < -0.39 is 5.41 Å². The molecule has 0 spiro atoms. The van der Waals surface area contributed by atoms with E-state index in [0.29, 0.717) is 10.8 Å². The predicted octanol–water partition coefficient (Wildman–Crippen LogP) is 4.62. The average molecular weight is 344 g/mol. The minimum absolute atomic E-state index is 0.00359. The molecule has 0 bridgehead atoms. The summed E-state index contributed by atoms with van der Waals surface area (Å²) in [6.45, 7) is 6.00. The number of halogens is 1. The number of aryl methyl sites for hydroxylation is 1. The van der Waals surface area contributed by atoms with Crippen LogP contribution in [0.2, 0.25) is 5.02 Å². The van der Waals surface area contributed by atoms with Gasteiger partial charge in [-0.2, -0.15) is 0 Å². The molecule has 1 fully saturated rings. The third-order valence-electron chi connectivity index (χ3n) is 4.67. The van der Waals surface area contributed by atoms with Crippen molar-refractivity contribution >= 4 is 23.3 Å². The van der Waals surface area contributed by atoms with E-state index >= 15 is 0 Å². The molecular weight excluding hydrogens is 322 g/mol. The van der Waals surface area contributed by atoms with Crippen LogP contribution < -0.4 is 5.32 Å². The van der Waals surface area contributed by atoms with Gasteiger partial charge in [-0.05, 0) is 37.5 Å². The number of rotatable bonds is 4. The number of nitrogens with one attached hydrogen (secondary N) is 1. The van der Waals surface area contributed by atoms with Gasteiger partial charge in [0.2, 0.25) is 5.91 Å². The van der Waals surface area contributed by atoms with Crippen LogP contribution in [0.4, 0.5) is 5.82 Å². The minimum Gasteiger partial charge on any atom is -0.310 e. The first-order valence-corrected chi connectivity index (χ1v) is 8.71. The largest absolute Gasteiger partial charge is 0.310 e. The normalized spacial score (nSPS) is 15.9. The van der Waals surface area contributed by atoms with Crippen LogP contribution in [0.5, 0.6) is 0 Å². The number of anilines is 1. The van der Waals surface area contributed by atoms with Crippen LogP contribution in [0, 0.1) is 6.92 Å². The molecule has 1 N–H and O–H groups in total. The van der Waals surface area contributed by atoms with Crippen LogP contribution in [0.25, 0.3) is 0 Å². The summed E-state index contributed by atoms with van der Waals surface area (Å²) in [5, 5.41) is 3.69. The lowest BCUT2D eigenvalue weighted by Gasteiger charge is -2.40. The third-order valence-corrected chi connectivity index (χ3v) is 4.92. The maximum Gasteiger partial charge on any atom is 0.236 e. The lowest BCUT2D eigenvalue weighted by atomic mass is 9.64. The summed E-state index contributed by atoms with van der Waals surface area (Å²) in [6.07, 6.45) is 2.75. The van der Waals surface area contributed by atoms with Crippen LogP contribution >= 0.6 is 11.6 Å². The SMILES string of the molecule is Cc1cc(NC(=O)C2(c3ccc(Cl)cc3)CCC2)nc(C(C)C)n1. The molecule has 1 aliphatic carbocycles. The van der Waals surface area contributed by atoms with Crippen molar-refractivity contribution in [1.29, 1.82) is 0 Å². The molecule has 3 rings (SSSR count). The summed E-state index contributed by atoms with van der Waals surface area (Å²) < 4.78 is 0. The number of aromatic nitrogens is 2. The first kappa shape index (κ1) is 16.9. The van der Waals surface area contributed by atoms with Gasteiger partial charge in [-0.25, -0.2) is 9.97 Å². The van der Waals surface area contributed by atoms with E-state index in [1.165, 1.54) is 0 Å². The second kappa shape index (κ2) is 6.52. The van der Waals surface area contributed by atoms with Crippen LogP contribution in [0.3, 0.4) is 0 Å². The van der Waals surface area contributed by atoms with E-state index in [1.807, 2.05) is 51.1 Å². The van der Waals surface area contributed by atoms with Crippen molar-refractivity contribution in [2.75, 3.05) is 5.32 Å². The molecule has 1 aliphatic rings. The van der Waals surface area contributed by atoms with Gasteiger partial charge in [-0.1, -0.05) is 44.0 Å². The molecule has 1 aromatic heterocycles. The van der Waals surface area contributed by atoms with Crippen molar-refractivity contribution in [3.8, 4) is 0 Å². The Labute approximate surface area is 147 Å². The average Bonchev–Trinajstić information content (AvgIpc) is 2.47. The summed E-state index contributed by atoms with van der Waals surface area (Å²) in [7, 11) is 0. The van der Waals surface area contributed by atoms with Crippen molar-refractivity contribution in [2.24, 2.45) is 0 Å². The van der Waals surface area contributed by atoms with Crippen LogP contribution in [-0.2, 0) is 10.2 Å². The fraction of sp³-hybridized carbons (Fsp3) is 0.421. The van der Waals surface area contributed by atoms with E-state index in [1.54, 1.807) is 0 Å². The van der Waals surface area contributed by atoms with Crippen molar-refractivity contribution in [3.05, 3.63) is 52.4 Å². The van der Waals surface area contributed by atoms with Gasteiger partial charge in [-0.3, -0.25) is 4.79 Å². The van der Waals surface area contributed by atoms with Gasteiger partial charge in [0.15, 0.2) is 0 Å². The molecule has 1 saturated carbocycles. The predicted molar refractivity (Wildman–Crippen MR) is 96.5 cm³/mol. The zero-order valence-corrected chi connectivity index (χ0v) is 15.0. The summed E-state index contributed by atoms with van der Waals surface area (Å²) >= 11 is 5.98. The number of benzene rings is 1. The van der Waals surface area contributed by atoms with E-state index in [9.17, 15) is 4.79 Å². The first-order chi connectivity index (χ1) is 11.4. The minimum atomic E-state index is -0.471. The van der Waals surface area contributed by atoms with Crippen molar-refractivity contribution in [2.45, 2.75) is 51.4 Å². The summed E-state index contributed by atoms with van der Waals surface area (Å²) in [5.41, 5.74) is 1.41. The number of carbonyl (C=O) groups excluding carboxylic acids is 1. The Morgan fingerprint density at radius 2 is 1.88 bits per heavy atom. The first-order valence-electron chi connectivity index (χ1n) is 8.34. The lowest BCUT2D eigenvalue weighted by molar-refractivity contribution is -0.124. The van der Waals surface area contributed by atoms with Crippen LogP contribution in [0.1, 0.15) is 56.1 Å². The second-order valence-corrected chi connectivity index (χ2v) is 7.24. The molecule has 1 aromatic carbocycles. The molecule has 0 aliphatic heterocycles. The van der Waals surface area contributed by atoms with Gasteiger partial charge in [-0.15, -0.1) is 0 Å². The fourth-order valence-electron chi connectivity index (χ4n) is 3.10. The highest BCUT2D eigenvalue weighted by molar-refractivity contribution is 6.30.